The molecule has 2 aromatic rings. The first-order chi connectivity index (χ1) is 10.2. The molecule has 0 atom stereocenters. The van der Waals surface area contributed by atoms with Crippen LogP contribution in [0.25, 0.3) is 0 Å². The summed E-state index contributed by atoms with van der Waals surface area (Å²) >= 11 is 5.24. The minimum Gasteiger partial charge on any atom is -0.313 e. The van der Waals surface area contributed by atoms with E-state index in [1.807, 2.05) is 6.20 Å². The molecule has 0 saturated carbocycles. The maximum Gasteiger partial charge on any atom is 0.0701 e. The summed E-state index contributed by atoms with van der Waals surface area (Å²) in [4.78, 5) is 6.84. The number of nitrogens with zero attached hydrogens (tertiary/aromatic N) is 2. The third-order valence-electron chi connectivity index (χ3n) is 3.15. The van der Waals surface area contributed by atoms with Crippen molar-refractivity contribution < 1.29 is 0 Å². The third-order valence-corrected chi connectivity index (χ3v) is 4.70. The van der Waals surface area contributed by atoms with E-state index < -0.39 is 0 Å². The highest BCUT2D eigenvalue weighted by atomic mass is 79.9. The van der Waals surface area contributed by atoms with Crippen LogP contribution in [0.3, 0.4) is 0 Å². The Morgan fingerprint density at radius 2 is 2.14 bits per heavy atom. The van der Waals surface area contributed by atoms with Gasteiger partial charge in [0.05, 0.1) is 9.48 Å². The van der Waals surface area contributed by atoms with E-state index in [-0.39, 0.29) is 0 Å². The van der Waals surface area contributed by atoms with Crippen LogP contribution >= 0.6 is 27.3 Å². The molecule has 114 valence electrons. The van der Waals surface area contributed by atoms with Gasteiger partial charge in [0.25, 0.3) is 0 Å². The molecule has 0 bridgehead atoms. The molecule has 2 rings (SSSR count). The standard InChI is InChI=1S/C16H22BrN3S/c1-3-6-18-8-13-4-5-15(19-9-13)11-20(2)10-14-7-16(17)21-12-14/h4-5,7,9,12,18H,3,6,8,10-11H2,1-2H3. The van der Waals surface area contributed by atoms with Crippen LogP contribution in [0.15, 0.2) is 33.6 Å². The minimum atomic E-state index is 0.871. The van der Waals surface area contributed by atoms with Crippen molar-refractivity contribution in [3.8, 4) is 0 Å². The van der Waals surface area contributed by atoms with Crippen molar-refractivity contribution in [2.45, 2.75) is 33.0 Å². The van der Waals surface area contributed by atoms with E-state index in [1.54, 1.807) is 11.3 Å². The van der Waals surface area contributed by atoms with E-state index in [4.69, 9.17) is 0 Å². The Labute approximate surface area is 139 Å². The average Bonchev–Trinajstić information content (AvgIpc) is 2.86. The summed E-state index contributed by atoms with van der Waals surface area (Å²) in [6.45, 7) is 5.95. The molecule has 0 unspecified atom stereocenters. The molecule has 5 heteroatoms. The zero-order valence-electron chi connectivity index (χ0n) is 12.6. The van der Waals surface area contributed by atoms with Crippen LogP contribution in [-0.4, -0.2) is 23.5 Å². The molecule has 3 nitrogen and oxygen atoms in total. The lowest BCUT2D eigenvalue weighted by atomic mass is 10.2. The van der Waals surface area contributed by atoms with Gasteiger partial charge < -0.3 is 5.32 Å². The fourth-order valence-corrected chi connectivity index (χ4v) is 3.34. The Bertz CT molecular complexity index is 539. The van der Waals surface area contributed by atoms with Gasteiger partial charge in [-0.3, -0.25) is 9.88 Å². The fourth-order valence-electron chi connectivity index (χ4n) is 2.14. The van der Waals surface area contributed by atoms with Crippen molar-refractivity contribution in [3.63, 3.8) is 0 Å². The number of halogens is 1. The van der Waals surface area contributed by atoms with Crippen LogP contribution in [0.2, 0.25) is 0 Å². The number of rotatable bonds is 8. The van der Waals surface area contributed by atoms with Gasteiger partial charge >= 0.3 is 0 Å². The van der Waals surface area contributed by atoms with Crippen molar-refractivity contribution in [2.24, 2.45) is 0 Å². The molecule has 21 heavy (non-hydrogen) atoms. The molecule has 0 saturated heterocycles. The first-order valence-corrected chi connectivity index (χ1v) is 8.90. The van der Waals surface area contributed by atoms with Crippen LogP contribution in [-0.2, 0) is 19.6 Å². The van der Waals surface area contributed by atoms with E-state index in [1.165, 1.54) is 14.9 Å². The van der Waals surface area contributed by atoms with Crippen molar-refractivity contribution in [1.82, 2.24) is 15.2 Å². The number of thiophene rings is 1. The van der Waals surface area contributed by atoms with E-state index in [9.17, 15) is 0 Å². The maximum absolute atomic E-state index is 4.56. The van der Waals surface area contributed by atoms with Gasteiger partial charge in [-0.05, 0) is 64.6 Å². The lowest BCUT2D eigenvalue weighted by Crippen LogP contribution is -2.18. The van der Waals surface area contributed by atoms with Gasteiger partial charge in [0.2, 0.25) is 0 Å². The molecule has 0 aliphatic carbocycles. The van der Waals surface area contributed by atoms with Gasteiger partial charge in [0.1, 0.15) is 0 Å². The lowest BCUT2D eigenvalue weighted by molar-refractivity contribution is 0.315. The highest BCUT2D eigenvalue weighted by Crippen LogP contribution is 2.21. The largest absolute Gasteiger partial charge is 0.313 e. The van der Waals surface area contributed by atoms with E-state index in [2.05, 4.69) is 68.7 Å². The van der Waals surface area contributed by atoms with Gasteiger partial charge in [0, 0.05) is 25.8 Å². The predicted octanol–water partition coefficient (Wildman–Crippen LogP) is 4.04. The molecule has 0 aromatic carbocycles. The van der Waals surface area contributed by atoms with Gasteiger partial charge in [-0.2, -0.15) is 0 Å². The minimum absolute atomic E-state index is 0.871. The predicted molar refractivity (Wildman–Crippen MR) is 93.4 cm³/mol. The second-order valence-corrected chi connectivity index (χ2v) is 7.56. The monoisotopic (exact) mass is 367 g/mol. The van der Waals surface area contributed by atoms with Crippen LogP contribution in [0.1, 0.15) is 30.2 Å². The highest BCUT2D eigenvalue weighted by Gasteiger charge is 2.05. The molecule has 1 N–H and O–H groups in total. The van der Waals surface area contributed by atoms with Crippen molar-refractivity contribution in [2.75, 3.05) is 13.6 Å². The average molecular weight is 368 g/mol. The second-order valence-electron chi connectivity index (χ2n) is 5.27. The smallest absolute Gasteiger partial charge is 0.0701 e. The summed E-state index contributed by atoms with van der Waals surface area (Å²) in [5, 5.41) is 5.58. The van der Waals surface area contributed by atoms with E-state index in [0.29, 0.717) is 0 Å². The number of pyridine rings is 1. The molecule has 0 spiro atoms. The van der Waals surface area contributed by atoms with Gasteiger partial charge in [-0.15, -0.1) is 11.3 Å². The second kappa shape index (κ2) is 8.63. The summed E-state index contributed by atoms with van der Waals surface area (Å²) < 4.78 is 1.19. The Balaban J connectivity index is 1.82. The summed E-state index contributed by atoms with van der Waals surface area (Å²) in [6, 6.07) is 6.47. The van der Waals surface area contributed by atoms with Crippen molar-refractivity contribution in [1.29, 1.82) is 0 Å². The number of hydrogen-bond acceptors (Lipinski definition) is 4. The molecule has 2 aromatic heterocycles. The van der Waals surface area contributed by atoms with Crippen molar-refractivity contribution in [3.05, 3.63) is 50.4 Å². The number of nitrogens with one attached hydrogen (secondary N) is 1. The molecule has 2 heterocycles. The van der Waals surface area contributed by atoms with Gasteiger partial charge in [0.15, 0.2) is 0 Å². The Morgan fingerprint density at radius 3 is 2.76 bits per heavy atom. The van der Waals surface area contributed by atoms with Crippen molar-refractivity contribution >= 4 is 27.3 Å². The summed E-state index contributed by atoms with van der Waals surface area (Å²) in [5.41, 5.74) is 3.71. The zero-order valence-corrected chi connectivity index (χ0v) is 15.0. The summed E-state index contributed by atoms with van der Waals surface area (Å²) in [5.74, 6) is 0. The van der Waals surface area contributed by atoms with Gasteiger partial charge in [-0.1, -0.05) is 13.0 Å². The van der Waals surface area contributed by atoms with Gasteiger partial charge in [-0.25, -0.2) is 0 Å². The normalized spacial score (nSPS) is 11.2. The Morgan fingerprint density at radius 1 is 1.29 bits per heavy atom. The van der Waals surface area contributed by atoms with Crippen LogP contribution in [0.5, 0.6) is 0 Å². The Hall–Kier alpha value is -0.750. The first kappa shape index (κ1) is 16.6. The SMILES string of the molecule is CCCNCc1ccc(CN(C)Cc2csc(Br)c2)nc1. The molecule has 0 fully saturated rings. The summed E-state index contributed by atoms with van der Waals surface area (Å²) in [6.07, 6.45) is 3.14. The first-order valence-electron chi connectivity index (χ1n) is 7.23. The molecule has 0 aliphatic rings. The number of hydrogen-bond donors (Lipinski definition) is 1. The molecule has 0 amide bonds. The van der Waals surface area contributed by atoms with Crippen LogP contribution in [0.4, 0.5) is 0 Å². The third kappa shape index (κ3) is 5.87. The zero-order chi connectivity index (χ0) is 15.1. The molecule has 0 radical (unpaired) electrons. The Kier molecular flexibility index (Phi) is 6.83. The highest BCUT2D eigenvalue weighted by molar-refractivity contribution is 9.11. The van der Waals surface area contributed by atoms with Crippen LogP contribution < -0.4 is 5.32 Å². The van der Waals surface area contributed by atoms with Crippen LogP contribution in [0, 0.1) is 0 Å². The molecular formula is C16H22BrN3S. The van der Waals surface area contributed by atoms with E-state index in [0.717, 1.165) is 38.3 Å². The maximum atomic E-state index is 4.56. The quantitative estimate of drug-likeness (QED) is 0.713. The fraction of sp³-hybridized carbons (Fsp3) is 0.438. The lowest BCUT2D eigenvalue weighted by Gasteiger charge is -2.15. The molecule has 0 aliphatic heterocycles. The topological polar surface area (TPSA) is 28.2 Å². The molecular weight excluding hydrogens is 346 g/mol. The summed E-state index contributed by atoms with van der Waals surface area (Å²) in [7, 11) is 2.13. The van der Waals surface area contributed by atoms with E-state index >= 15 is 0 Å². The number of aromatic nitrogens is 1.